The fourth-order valence-corrected chi connectivity index (χ4v) is 4.36. The minimum atomic E-state index is 0.517. The van der Waals surface area contributed by atoms with E-state index in [2.05, 4.69) is 45.7 Å². The van der Waals surface area contributed by atoms with E-state index >= 15 is 0 Å². The maximum atomic E-state index is 5.16. The van der Waals surface area contributed by atoms with Gasteiger partial charge in [-0.2, -0.15) is 0 Å². The van der Waals surface area contributed by atoms with Crippen LogP contribution in [0.5, 0.6) is 0 Å². The van der Waals surface area contributed by atoms with E-state index in [0.29, 0.717) is 12.1 Å². The number of aliphatic imine (C=N–C) groups is 1. The first-order chi connectivity index (χ1) is 11.9. The van der Waals surface area contributed by atoms with Crippen LogP contribution in [-0.4, -0.2) is 29.6 Å². The molecular weight excluding hydrogens is 296 g/mol. The van der Waals surface area contributed by atoms with Crippen molar-refractivity contribution in [2.75, 3.05) is 11.7 Å². The van der Waals surface area contributed by atoms with Gasteiger partial charge in [0.15, 0.2) is 0 Å². The molecule has 1 aromatic carbocycles. The summed E-state index contributed by atoms with van der Waals surface area (Å²) in [6.45, 7) is 0.917. The van der Waals surface area contributed by atoms with Crippen LogP contribution in [0.3, 0.4) is 0 Å². The molecule has 0 amide bonds. The molecule has 2 aliphatic carbocycles. The van der Waals surface area contributed by atoms with Crippen molar-refractivity contribution in [1.82, 2.24) is 10.3 Å². The number of nitrogens with one attached hydrogen (secondary N) is 1. The van der Waals surface area contributed by atoms with Gasteiger partial charge in [0.1, 0.15) is 6.67 Å². The second kappa shape index (κ2) is 7.45. The summed E-state index contributed by atoms with van der Waals surface area (Å²) in [5.74, 6) is 1.12. The van der Waals surface area contributed by atoms with Crippen LogP contribution in [0.2, 0.25) is 0 Å². The Morgan fingerprint density at radius 2 is 1.50 bits per heavy atom. The van der Waals surface area contributed by atoms with Crippen LogP contribution in [0, 0.1) is 0 Å². The smallest absolute Gasteiger partial charge is 0.215 e. The summed E-state index contributed by atoms with van der Waals surface area (Å²) < 4.78 is 0. The van der Waals surface area contributed by atoms with Crippen LogP contribution < -0.4 is 10.4 Å². The number of benzene rings is 1. The molecule has 3 fully saturated rings. The molecular formula is C20H30N4. The van der Waals surface area contributed by atoms with Crippen LogP contribution in [0.15, 0.2) is 35.3 Å². The van der Waals surface area contributed by atoms with Crippen molar-refractivity contribution in [3.05, 3.63) is 30.3 Å². The molecule has 2 saturated carbocycles. The lowest BCUT2D eigenvalue weighted by Gasteiger charge is -2.32. The lowest BCUT2D eigenvalue weighted by Crippen LogP contribution is -2.41. The molecule has 0 aromatic heterocycles. The SMILES string of the molecule is c1ccc(N2CN(C3CCCCC3)C(=NC3CCCCC3)N2)cc1. The normalized spacial score (nSPS) is 25.2. The fraction of sp³-hybridized carbons (Fsp3) is 0.650. The lowest BCUT2D eigenvalue weighted by atomic mass is 9.94. The standard InChI is InChI=1S/C20H30N4/c1-4-10-17(11-5-1)21-20-22-24(19-14-8-3-9-15-19)16-23(20)18-12-6-2-7-13-18/h3,8-9,14-15,17-18H,1-2,4-7,10-13,16H2,(H,21,22). The maximum absolute atomic E-state index is 5.16. The highest BCUT2D eigenvalue weighted by molar-refractivity contribution is 5.85. The Morgan fingerprint density at radius 1 is 0.833 bits per heavy atom. The van der Waals surface area contributed by atoms with Gasteiger partial charge >= 0.3 is 0 Å². The van der Waals surface area contributed by atoms with Crippen molar-refractivity contribution in [1.29, 1.82) is 0 Å². The number of para-hydroxylation sites is 1. The van der Waals surface area contributed by atoms with E-state index in [4.69, 9.17) is 4.99 Å². The van der Waals surface area contributed by atoms with Gasteiger partial charge in [0.05, 0.1) is 11.7 Å². The van der Waals surface area contributed by atoms with Gasteiger partial charge in [0, 0.05) is 6.04 Å². The Bertz CT molecular complexity index is 544. The number of anilines is 1. The molecule has 1 aromatic rings. The third kappa shape index (κ3) is 3.52. The Balaban J connectivity index is 1.54. The summed E-state index contributed by atoms with van der Waals surface area (Å²) in [6, 6.07) is 11.8. The van der Waals surface area contributed by atoms with Gasteiger partial charge < -0.3 is 4.90 Å². The predicted octanol–water partition coefficient (Wildman–Crippen LogP) is 4.29. The number of nitrogens with zero attached hydrogens (tertiary/aromatic N) is 3. The van der Waals surface area contributed by atoms with Crippen molar-refractivity contribution >= 4 is 11.6 Å². The van der Waals surface area contributed by atoms with Crippen LogP contribution in [-0.2, 0) is 0 Å². The quantitative estimate of drug-likeness (QED) is 0.899. The van der Waals surface area contributed by atoms with E-state index < -0.39 is 0 Å². The van der Waals surface area contributed by atoms with E-state index in [1.807, 2.05) is 0 Å². The first kappa shape index (κ1) is 15.8. The van der Waals surface area contributed by atoms with Crippen molar-refractivity contribution < 1.29 is 0 Å². The molecule has 4 rings (SSSR count). The zero-order valence-corrected chi connectivity index (χ0v) is 14.7. The molecule has 0 radical (unpaired) electrons. The molecule has 3 aliphatic rings. The van der Waals surface area contributed by atoms with Crippen LogP contribution in [0.4, 0.5) is 5.69 Å². The molecule has 0 bridgehead atoms. The zero-order valence-electron chi connectivity index (χ0n) is 14.7. The first-order valence-electron chi connectivity index (χ1n) is 9.84. The number of guanidine groups is 1. The van der Waals surface area contributed by atoms with Crippen LogP contribution >= 0.6 is 0 Å². The minimum absolute atomic E-state index is 0.517. The summed E-state index contributed by atoms with van der Waals surface area (Å²) in [5, 5.41) is 2.26. The van der Waals surface area contributed by atoms with E-state index in [9.17, 15) is 0 Å². The van der Waals surface area contributed by atoms with Gasteiger partial charge in [-0.05, 0) is 37.8 Å². The Labute approximate surface area is 145 Å². The van der Waals surface area contributed by atoms with E-state index in [1.54, 1.807) is 0 Å². The Kier molecular flexibility index (Phi) is 4.91. The van der Waals surface area contributed by atoms with Crippen molar-refractivity contribution in [2.45, 2.75) is 76.3 Å². The summed E-state index contributed by atoms with van der Waals surface area (Å²) >= 11 is 0. The van der Waals surface area contributed by atoms with E-state index in [-0.39, 0.29) is 0 Å². The fourth-order valence-electron chi connectivity index (χ4n) is 4.36. The second-order valence-corrected chi connectivity index (χ2v) is 7.52. The Morgan fingerprint density at radius 3 is 2.21 bits per heavy atom. The molecule has 1 N–H and O–H groups in total. The van der Waals surface area contributed by atoms with Crippen molar-refractivity contribution in [2.24, 2.45) is 4.99 Å². The third-order valence-corrected chi connectivity index (χ3v) is 5.76. The van der Waals surface area contributed by atoms with Crippen LogP contribution in [0.1, 0.15) is 64.2 Å². The van der Waals surface area contributed by atoms with Crippen molar-refractivity contribution in [3.8, 4) is 0 Å². The largest absolute Gasteiger partial charge is 0.319 e. The highest BCUT2D eigenvalue weighted by atomic mass is 15.7. The minimum Gasteiger partial charge on any atom is -0.319 e. The summed E-state index contributed by atoms with van der Waals surface area (Å²) in [4.78, 5) is 7.70. The Hall–Kier alpha value is -1.71. The molecule has 0 unspecified atom stereocenters. The summed E-state index contributed by atoms with van der Waals surface area (Å²) in [7, 11) is 0. The first-order valence-corrected chi connectivity index (χ1v) is 9.84. The van der Waals surface area contributed by atoms with Gasteiger partial charge in [-0.15, -0.1) is 0 Å². The second-order valence-electron chi connectivity index (χ2n) is 7.52. The van der Waals surface area contributed by atoms with Gasteiger partial charge in [-0.1, -0.05) is 56.7 Å². The lowest BCUT2D eigenvalue weighted by molar-refractivity contribution is 0.257. The summed E-state index contributed by atoms with van der Waals surface area (Å²) in [6.07, 6.45) is 13.3. The third-order valence-electron chi connectivity index (χ3n) is 5.76. The molecule has 4 heteroatoms. The van der Waals surface area contributed by atoms with Crippen LogP contribution in [0.25, 0.3) is 0 Å². The number of hydrazine groups is 1. The predicted molar refractivity (Wildman–Crippen MR) is 99.9 cm³/mol. The monoisotopic (exact) mass is 326 g/mol. The summed E-state index contributed by atoms with van der Waals surface area (Å²) in [5.41, 5.74) is 4.84. The number of hydrogen-bond donors (Lipinski definition) is 1. The van der Waals surface area contributed by atoms with Gasteiger partial charge in [0.25, 0.3) is 0 Å². The number of hydrogen-bond acceptors (Lipinski definition) is 2. The topological polar surface area (TPSA) is 30.9 Å². The van der Waals surface area contributed by atoms with Gasteiger partial charge in [-0.3, -0.25) is 10.4 Å². The molecule has 0 spiro atoms. The molecule has 4 nitrogen and oxygen atoms in total. The molecule has 130 valence electrons. The highest BCUT2D eigenvalue weighted by Crippen LogP contribution is 2.28. The van der Waals surface area contributed by atoms with Crippen molar-refractivity contribution in [3.63, 3.8) is 0 Å². The molecule has 1 saturated heterocycles. The highest BCUT2D eigenvalue weighted by Gasteiger charge is 2.32. The maximum Gasteiger partial charge on any atom is 0.215 e. The van der Waals surface area contributed by atoms with E-state index in [1.165, 1.54) is 69.9 Å². The average molecular weight is 326 g/mol. The van der Waals surface area contributed by atoms with Gasteiger partial charge in [-0.25, -0.2) is 4.99 Å². The zero-order chi connectivity index (χ0) is 16.2. The molecule has 1 aliphatic heterocycles. The number of rotatable bonds is 3. The average Bonchev–Trinajstić information content (AvgIpc) is 3.08. The molecule has 1 heterocycles. The molecule has 24 heavy (non-hydrogen) atoms. The van der Waals surface area contributed by atoms with E-state index in [0.717, 1.165) is 12.6 Å². The van der Waals surface area contributed by atoms with Gasteiger partial charge in [0.2, 0.25) is 5.96 Å². The molecule has 0 atom stereocenters.